The van der Waals surface area contributed by atoms with Gasteiger partial charge in [0, 0.05) is 20.2 Å². The van der Waals surface area contributed by atoms with Crippen molar-refractivity contribution >= 4 is 0 Å². The average molecular weight is 133 g/mol. The summed E-state index contributed by atoms with van der Waals surface area (Å²) in [7, 11) is 1.61. The minimum atomic E-state index is 0.583. The van der Waals surface area contributed by atoms with Crippen molar-refractivity contribution in [3.63, 3.8) is 0 Å². The molecule has 0 atom stereocenters. The van der Waals surface area contributed by atoms with Gasteiger partial charge in [-0.25, -0.2) is 0 Å². The second-order valence-electron chi connectivity index (χ2n) is 1.99. The van der Waals surface area contributed by atoms with Crippen molar-refractivity contribution in [3.05, 3.63) is 0 Å². The number of hydrogen-bond acceptors (Lipinski definition) is 3. The van der Waals surface area contributed by atoms with Crippen molar-refractivity contribution in [1.82, 2.24) is 5.06 Å². The summed E-state index contributed by atoms with van der Waals surface area (Å²) in [6, 6.07) is 0. The van der Waals surface area contributed by atoms with Crippen LogP contribution in [0, 0.1) is 0 Å². The van der Waals surface area contributed by atoms with E-state index in [4.69, 9.17) is 9.94 Å². The van der Waals surface area contributed by atoms with E-state index in [1.54, 1.807) is 7.05 Å². The van der Waals surface area contributed by atoms with E-state index in [1.807, 2.05) is 0 Å². The van der Waals surface area contributed by atoms with Gasteiger partial charge in [-0.05, 0) is 6.42 Å². The lowest BCUT2D eigenvalue weighted by Crippen LogP contribution is -2.18. The Kier molecular flexibility index (Phi) is 5.93. The van der Waals surface area contributed by atoms with E-state index in [1.165, 1.54) is 0 Å². The molecule has 0 aliphatic rings. The molecule has 0 aromatic carbocycles. The van der Waals surface area contributed by atoms with E-state index in [0.29, 0.717) is 13.2 Å². The van der Waals surface area contributed by atoms with Crippen molar-refractivity contribution in [2.24, 2.45) is 0 Å². The van der Waals surface area contributed by atoms with Crippen LogP contribution in [0.25, 0.3) is 0 Å². The summed E-state index contributed by atoms with van der Waals surface area (Å²) in [6.07, 6.45) is 1.04. The number of hydrogen-bond donors (Lipinski definition) is 1. The van der Waals surface area contributed by atoms with Gasteiger partial charge in [0.2, 0.25) is 0 Å². The van der Waals surface area contributed by atoms with Crippen molar-refractivity contribution in [2.75, 3.05) is 26.8 Å². The molecule has 56 valence electrons. The first-order valence-corrected chi connectivity index (χ1v) is 3.25. The third-order valence-electron chi connectivity index (χ3n) is 0.908. The monoisotopic (exact) mass is 133 g/mol. The van der Waals surface area contributed by atoms with Crippen molar-refractivity contribution in [1.29, 1.82) is 0 Å². The molecule has 0 aromatic rings. The van der Waals surface area contributed by atoms with Crippen LogP contribution in [0.1, 0.15) is 13.3 Å². The zero-order chi connectivity index (χ0) is 7.11. The molecule has 0 rings (SSSR count). The van der Waals surface area contributed by atoms with E-state index >= 15 is 0 Å². The molecule has 0 amide bonds. The van der Waals surface area contributed by atoms with Gasteiger partial charge < -0.3 is 9.94 Å². The summed E-state index contributed by atoms with van der Waals surface area (Å²) in [5.41, 5.74) is 0. The first-order valence-electron chi connectivity index (χ1n) is 3.25. The molecule has 1 N–H and O–H groups in total. The standard InChI is InChI=1S/C6H15NO2/c1-3-5-9-6-4-7(2)8/h8H,3-6H2,1-2H3. The zero-order valence-corrected chi connectivity index (χ0v) is 6.13. The Morgan fingerprint density at radius 1 is 1.44 bits per heavy atom. The summed E-state index contributed by atoms with van der Waals surface area (Å²) in [5, 5.41) is 9.73. The predicted molar refractivity (Wildman–Crippen MR) is 35.5 cm³/mol. The largest absolute Gasteiger partial charge is 0.380 e. The van der Waals surface area contributed by atoms with Crippen LogP contribution in [-0.2, 0) is 4.74 Å². The topological polar surface area (TPSA) is 32.7 Å². The molecular formula is C6H15NO2. The lowest BCUT2D eigenvalue weighted by Gasteiger charge is -2.06. The second kappa shape index (κ2) is 6.01. The van der Waals surface area contributed by atoms with Gasteiger partial charge in [0.15, 0.2) is 0 Å². The molecule has 0 radical (unpaired) electrons. The lowest BCUT2D eigenvalue weighted by molar-refractivity contribution is -0.0802. The highest BCUT2D eigenvalue weighted by atomic mass is 16.5. The Bertz CT molecular complexity index is 57.0. The summed E-state index contributed by atoms with van der Waals surface area (Å²) < 4.78 is 5.09. The molecular weight excluding hydrogens is 118 g/mol. The number of rotatable bonds is 5. The third-order valence-corrected chi connectivity index (χ3v) is 0.908. The molecule has 0 spiro atoms. The van der Waals surface area contributed by atoms with Gasteiger partial charge in [0.25, 0.3) is 0 Å². The van der Waals surface area contributed by atoms with Crippen molar-refractivity contribution in [3.8, 4) is 0 Å². The van der Waals surface area contributed by atoms with Crippen LogP contribution < -0.4 is 0 Å². The van der Waals surface area contributed by atoms with Crippen molar-refractivity contribution in [2.45, 2.75) is 13.3 Å². The van der Waals surface area contributed by atoms with E-state index < -0.39 is 0 Å². The Balaban J connectivity index is 2.75. The smallest absolute Gasteiger partial charge is 0.0616 e. The molecule has 0 unspecified atom stereocenters. The van der Waals surface area contributed by atoms with E-state index in [-0.39, 0.29) is 0 Å². The first kappa shape index (κ1) is 8.88. The maximum atomic E-state index is 8.61. The minimum Gasteiger partial charge on any atom is -0.380 e. The first-order chi connectivity index (χ1) is 4.27. The van der Waals surface area contributed by atoms with E-state index in [0.717, 1.165) is 18.1 Å². The molecule has 3 heteroatoms. The number of ether oxygens (including phenoxy) is 1. The van der Waals surface area contributed by atoms with Crippen LogP contribution in [0.4, 0.5) is 0 Å². The zero-order valence-electron chi connectivity index (χ0n) is 6.13. The molecule has 0 saturated heterocycles. The minimum absolute atomic E-state index is 0.583. The molecule has 0 aromatic heterocycles. The van der Waals surface area contributed by atoms with Crippen LogP contribution in [0.15, 0.2) is 0 Å². The summed E-state index contributed by atoms with van der Waals surface area (Å²) in [4.78, 5) is 0. The number of nitrogens with zero attached hydrogens (tertiary/aromatic N) is 1. The maximum Gasteiger partial charge on any atom is 0.0616 e. The van der Waals surface area contributed by atoms with Crippen LogP contribution in [0.3, 0.4) is 0 Å². The summed E-state index contributed by atoms with van der Waals surface area (Å²) >= 11 is 0. The molecule has 0 saturated carbocycles. The Hall–Kier alpha value is -0.120. The van der Waals surface area contributed by atoms with Gasteiger partial charge >= 0.3 is 0 Å². The fraction of sp³-hybridized carbons (Fsp3) is 1.00. The van der Waals surface area contributed by atoms with Crippen LogP contribution in [-0.4, -0.2) is 37.1 Å². The molecule has 0 fully saturated rings. The van der Waals surface area contributed by atoms with Gasteiger partial charge in [-0.2, -0.15) is 5.06 Å². The maximum absolute atomic E-state index is 8.61. The Morgan fingerprint density at radius 3 is 2.56 bits per heavy atom. The highest BCUT2D eigenvalue weighted by molar-refractivity contribution is 4.33. The van der Waals surface area contributed by atoms with E-state index in [9.17, 15) is 0 Å². The van der Waals surface area contributed by atoms with Gasteiger partial charge in [0.1, 0.15) is 0 Å². The fourth-order valence-corrected chi connectivity index (χ4v) is 0.443. The molecule has 0 heterocycles. The highest BCUT2D eigenvalue weighted by Crippen LogP contribution is 1.80. The normalized spacial score (nSPS) is 10.7. The highest BCUT2D eigenvalue weighted by Gasteiger charge is 1.89. The van der Waals surface area contributed by atoms with E-state index in [2.05, 4.69) is 6.92 Å². The van der Waals surface area contributed by atoms with Gasteiger partial charge in [0.05, 0.1) is 6.61 Å². The quantitative estimate of drug-likeness (QED) is 0.443. The average Bonchev–Trinajstić information content (AvgIpc) is 1.80. The molecule has 0 aliphatic carbocycles. The SMILES string of the molecule is CCCOCCN(C)O. The Labute approximate surface area is 56.2 Å². The van der Waals surface area contributed by atoms with Crippen molar-refractivity contribution < 1.29 is 9.94 Å². The number of likely N-dealkylation sites (N-methyl/N-ethyl adjacent to an activating group) is 1. The van der Waals surface area contributed by atoms with Gasteiger partial charge in [-0.1, -0.05) is 6.92 Å². The van der Waals surface area contributed by atoms with Gasteiger partial charge in [-0.3, -0.25) is 0 Å². The third kappa shape index (κ3) is 7.88. The molecule has 9 heavy (non-hydrogen) atoms. The lowest BCUT2D eigenvalue weighted by atomic mass is 10.5. The second-order valence-corrected chi connectivity index (χ2v) is 1.99. The van der Waals surface area contributed by atoms with Crippen LogP contribution in [0.5, 0.6) is 0 Å². The summed E-state index contributed by atoms with van der Waals surface area (Å²) in [6.45, 7) is 4.04. The predicted octanol–water partition coefficient (Wildman–Crippen LogP) is 0.734. The molecule has 3 nitrogen and oxygen atoms in total. The van der Waals surface area contributed by atoms with Crippen LogP contribution in [0.2, 0.25) is 0 Å². The molecule has 0 bridgehead atoms. The Morgan fingerprint density at radius 2 is 2.11 bits per heavy atom. The van der Waals surface area contributed by atoms with Gasteiger partial charge in [-0.15, -0.1) is 0 Å². The fourth-order valence-electron chi connectivity index (χ4n) is 0.443. The summed E-state index contributed by atoms with van der Waals surface area (Å²) in [5.74, 6) is 0. The molecule has 0 aliphatic heterocycles. The number of hydroxylamine groups is 2. The van der Waals surface area contributed by atoms with Crippen LogP contribution >= 0.6 is 0 Å².